The molecule has 0 aliphatic rings. The molecule has 5 nitrogen and oxygen atoms in total. The molecule has 0 N–H and O–H groups in total. The van der Waals surface area contributed by atoms with E-state index >= 15 is 0 Å². The fraction of sp³-hybridized carbons (Fsp3) is 0.211. The number of methoxy groups -OCH3 is 1. The quantitative estimate of drug-likeness (QED) is 0.451. The maximum atomic E-state index is 12.5. The Labute approximate surface area is 159 Å². The SMILES string of the molecule is COc1ccc(C(C)=O)cc1COC(=O)c1sc(-c2cccs2)nc1C. The van der Waals surface area contributed by atoms with Gasteiger partial charge < -0.3 is 9.47 Å². The number of esters is 1. The third kappa shape index (κ3) is 3.84. The van der Waals surface area contributed by atoms with Crippen LogP contribution >= 0.6 is 22.7 Å². The van der Waals surface area contributed by atoms with Crippen LogP contribution in [0, 0.1) is 6.92 Å². The average Bonchev–Trinajstić information content (AvgIpc) is 3.28. The van der Waals surface area contributed by atoms with Gasteiger partial charge in [-0.1, -0.05) is 6.07 Å². The molecule has 0 fully saturated rings. The van der Waals surface area contributed by atoms with Gasteiger partial charge in [0.25, 0.3) is 0 Å². The Morgan fingerprint density at radius 3 is 2.69 bits per heavy atom. The zero-order valence-corrected chi connectivity index (χ0v) is 16.2. The van der Waals surface area contributed by atoms with Crippen LogP contribution < -0.4 is 4.74 Å². The Morgan fingerprint density at radius 1 is 1.23 bits per heavy atom. The van der Waals surface area contributed by atoms with Crippen LogP contribution in [-0.2, 0) is 11.3 Å². The number of thiazole rings is 1. The monoisotopic (exact) mass is 387 g/mol. The molecule has 0 aliphatic carbocycles. The Balaban J connectivity index is 1.77. The van der Waals surface area contributed by atoms with Crippen LogP contribution in [0.3, 0.4) is 0 Å². The van der Waals surface area contributed by atoms with E-state index in [1.807, 2.05) is 17.5 Å². The van der Waals surface area contributed by atoms with E-state index in [0.29, 0.717) is 27.4 Å². The van der Waals surface area contributed by atoms with Gasteiger partial charge in [-0.05, 0) is 43.5 Å². The van der Waals surface area contributed by atoms with Gasteiger partial charge in [0.05, 0.1) is 17.7 Å². The predicted octanol–water partition coefficient (Wildman–Crippen LogP) is 4.75. The lowest BCUT2D eigenvalue weighted by Crippen LogP contribution is -2.06. The minimum absolute atomic E-state index is 0.0226. The summed E-state index contributed by atoms with van der Waals surface area (Å²) in [6, 6.07) is 8.99. The van der Waals surface area contributed by atoms with Gasteiger partial charge in [-0.2, -0.15) is 0 Å². The van der Waals surface area contributed by atoms with Crippen LogP contribution in [0.25, 0.3) is 9.88 Å². The number of carbonyl (C=O) groups excluding carboxylic acids is 2. The van der Waals surface area contributed by atoms with E-state index in [0.717, 1.165) is 9.88 Å². The van der Waals surface area contributed by atoms with Crippen molar-refractivity contribution in [1.82, 2.24) is 4.98 Å². The van der Waals surface area contributed by atoms with Crippen LogP contribution in [0.2, 0.25) is 0 Å². The molecule has 3 rings (SSSR count). The van der Waals surface area contributed by atoms with Gasteiger partial charge in [0.2, 0.25) is 0 Å². The van der Waals surface area contributed by atoms with Gasteiger partial charge in [0.1, 0.15) is 22.2 Å². The molecular formula is C19H17NO4S2. The molecule has 0 amide bonds. The van der Waals surface area contributed by atoms with E-state index in [1.54, 1.807) is 36.5 Å². The maximum absolute atomic E-state index is 12.5. The molecule has 0 saturated heterocycles. The molecule has 0 aliphatic heterocycles. The molecular weight excluding hydrogens is 370 g/mol. The molecule has 2 heterocycles. The summed E-state index contributed by atoms with van der Waals surface area (Å²) in [6.07, 6.45) is 0. The highest BCUT2D eigenvalue weighted by atomic mass is 32.1. The van der Waals surface area contributed by atoms with Crippen molar-refractivity contribution in [3.63, 3.8) is 0 Å². The normalized spacial score (nSPS) is 10.6. The maximum Gasteiger partial charge on any atom is 0.350 e. The highest BCUT2D eigenvalue weighted by molar-refractivity contribution is 7.22. The summed E-state index contributed by atoms with van der Waals surface area (Å²) in [5.41, 5.74) is 1.84. The lowest BCUT2D eigenvalue weighted by molar-refractivity contribution is 0.0475. The first-order valence-electron chi connectivity index (χ1n) is 7.86. The van der Waals surface area contributed by atoms with Crippen molar-refractivity contribution in [3.8, 4) is 15.6 Å². The minimum atomic E-state index is -0.432. The van der Waals surface area contributed by atoms with Gasteiger partial charge >= 0.3 is 5.97 Å². The van der Waals surface area contributed by atoms with Crippen molar-refractivity contribution < 1.29 is 19.1 Å². The lowest BCUT2D eigenvalue weighted by atomic mass is 10.1. The molecule has 0 unspecified atom stereocenters. The number of carbonyl (C=O) groups is 2. The molecule has 1 aromatic carbocycles. The van der Waals surface area contributed by atoms with Crippen LogP contribution in [0.1, 0.15) is 38.2 Å². The predicted molar refractivity (Wildman–Crippen MR) is 102 cm³/mol. The number of Topliss-reactive ketones (excluding diaryl/α,β-unsaturated/α-hetero) is 1. The number of hydrogen-bond acceptors (Lipinski definition) is 7. The van der Waals surface area contributed by atoms with Crippen molar-refractivity contribution in [3.05, 3.63) is 57.4 Å². The van der Waals surface area contributed by atoms with Crippen molar-refractivity contribution in [2.75, 3.05) is 7.11 Å². The van der Waals surface area contributed by atoms with Crippen LogP contribution in [0.5, 0.6) is 5.75 Å². The van der Waals surface area contributed by atoms with E-state index < -0.39 is 5.97 Å². The first kappa shape index (κ1) is 18.3. The number of ether oxygens (including phenoxy) is 2. The number of nitrogens with zero attached hydrogens (tertiary/aromatic N) is 1. The highest BCUT2D eigenvalue weighted by Crippen LogP contribution is 2.31. The summed E-state index contributed by atoms with van der Waals surface area (Å²) < 4.78 is 10.7. The van der Waals surface area contributed by atoms with Crippen LogP contribution in [-0.4, -0.2) is 23.8 Å². The van der Waals surface area contributed by atoms with Crippen LogP contribution in [0.4, 0.5) is 0 Å². The van der Waals surface area contributed by atoms with Crippen molar-refractivity contribution in [2.45, 2.75) is 20.5 Å². The molecule has 26 heavy (non-hydrogen) atoms. The lowest BCUT2D eigenvalue weighted by Gasteiger charge is -2.10. The third-order valence-electron chi connectivity index (χ3n) is 3.76. The molecule has 2 aromatic heterocycles. The van der Waals surface area contributed by atoms with Gasteiger partial charge in [-0.3, -0.25) is 4.79 Å². The van der Waals surface area contributed by atoms with Crippen molar-refractivity contribution in [2.24, 2.45) is 0 Å². The molecule has 0 radical (unpaired) electrons. The highest BCUT2D eigenvalue weighted by Gasteiger charge is 2.19. The second-order valence-corrected chi connectivity index (χ2v) is 7.52. The number of benzene rings is 1. The number of thiophene rings is 1. The number of aryl methyl sites for hydroxylation is 1. The van der Waals surface area contributed by atoms with E-state index in [-0.39, 0.29) is 12.4 Å². The Hall–Kier alpha value is -2.51. The van der Waals surface area contributed by atoms with Crippen molar-refractivity contribution >= 4 is 34.4 Å². The first-order valence-corrected chi connectivity index (χ1v) is 9.55. The summed E-state index contributed by atoms with van der Waals surface area (Å²) >= 11 is 2.89. The molecule has 0 spiro atoms. The first-order chi connectivity index (χ1) is 12.5. The Kier molecular flexibility index (Phi) is 5.49. The smallest absolute Gasteiger partial charge is 0.350 e. The summed E-state index contributed by atoms with van der Waals surface area (Å²) in [7, 11) is 1.54. The Morgan fingerprint density at radius 2 is 2.04 bits per heavy atom. The second kappa shape index (κ2) is 7.80. The molecule has 3 aromatic rings. The molecule has 7 heteroatoms. The summed E-state index contributed by atoms with van der Waals surface area (Å²) in [4.78, 5) is 30.0. The average molecular weight is 387 g/mol. The number of rotatable bonds is 6. The fourth-order valence-corrected chi connectivity index (χ4v) is 4.17. The zero-order valence-electron chi connectivity index (χ0n) is 14.6. The number of hydrogen-bond donors (Lipinski definition) is 0. The standard InChI is InChI=1S/C19H17NO4S2/c1-11-17(26-18(20-11)16-5-4-8-25-16)19(22)24-10-14-9-13(12(2)21)6-7-15(14)23-3/h4-9H,10H2,1-3H3. The Bertz CT molecular complexity index is 945. The zero-order chi connectivity index (χ0) is 18.7. The number of aromatic nitrogens is 1. The second-order valence-electron chi connectivity index (χ2n) is 5.57. The van der Waals surface area contributed by atoms with Crippen LogP contribution in [0.15, 0.2) is 35.7 Å². The molecule has 0 atom stereocenters. The minimum Gasteiger partial charge on any atom is -0.496 e. The topological polar surface area (TPSA) is 65.5 Å². The largest absolute Gasteiger partial charge is 0.496 e. The van der Waals surface area contributed by atoms with Crippen molar-refractivity contribution in [1.29, 1.82) is 0 Å². The van der Waals surface area contributed by atoms with E-state index in [1.165, 1.54) is 25.4 Å². The van der Waals surface area contributed by atoms with E-state index in [4.69, 9.17) is 9.47 Å². The van der Waals surface area contributed by atoms with Gasteiger partial charge in [-0.15, -0.1) is 22.7 Å². The van der Waals surface area contributed by atoms with E-state index in [2.05, 4.69) is 4.98 Å². The van der Waals surface area contributed by atoms with Gasteiger partial charge in [0.15, 0.2) is 5.78 Å². The summed E-state index contributed by atoms with van der Waals surface area (Å²) in [6.45, 7) is 3.31. The summed E-state index contributed by atoms with van der Waals surface area (Å²) in [5.74, 6) is 0.0836. The number of ketones is 1. The third-order valence-corrected chi connectivity index (χ3v) is 5.94. The molecule has 0 saturated carbocycles. The fourth-order valence-electron chi connectivity index (χ4n) is 2.41. The van der Waals surface area contributed by atoms with Gasteiger partial charge in [-0.25, -0.2) is 9.78 Å². The molecule has 134 valence electrons. The summed E-state index contributed by atoms with van der Waals surface area (Å²) in [5, 5.41) is 2.78. The molecule has 0 bridgehead atoms. The van der Waals surface area contributed by atoms with Gasteiger partial charge in [0, 0.05) is 11.1 Å². The van der Waals surface area contributed by atoms with E-state index in [9.17, 15) is 9.59 Å².